The van der Waals surface area contributed by atoms with Crippen LogP contribution in [0.2, 0.25) is 0 Å². The number of rotatable bonds is 3. The summed E-state index contributed by atoms with van der Waals surface area (Å²) in [4.78, 5) is 41.8. The molecule has 0 spiro atoms. The molecule has 4 bridgehead atoms. The van der Waals surface area contributed by atoms with Crippen molar-refractivity contribution in [2.45, 2.75) is 58.3 Å². The first-order valence-electron chi connectivity index (χ1n) is 13.6. The second-order valence-electron chi connectivity index (χ2n) is 10.7. The third-order valence-electron chi connectivity index (χ3n) is 7.09. The van der Waals surface area contributed by atoms with Gasteiger partial charge in [-0.3, -0.25) is 14.4 Å². The quantitative estimate of drug-likeness (QED) is 0.643. The van der Waals surface area contributed by atoms with Gasteiger partial charge in [0.15, 0.2) is 11.5 Å². The number of nitrogens with zero attached hydrogens (tertiary/aromatic N) is 2. The van der Waals surface area contributed by atoms with Crippen LogP contribution in [-0.4, -0.2) is 73.5 Å². The lowest BCUT2D eigenvalue weighted by Crippen LogP contribution is -2.57. The van der Waals surface area contributed by atoms with Crippen LogP contribution >= 0.6 is 0 Å². The first kappa shape index (κ1) is 28.4. The van der Waals surface area contributed by atoms with E-state index in [0.717, 1.165) is 11.1 Å². The van der Waals surface area contributed by atoms with Crippen LogP contribution in [0.25, 0.3) is 0 Å². The van der Waals surface area contributed by atoms with Crippen molar-refractivity contribution in [3.05, 3.63) is 53.6 Å². The molecule has 9 heteroatoms. The van der Waals surface area contributed by atoms with Crippen molar-refractivity contribution in [3.8, 4) is 17.2 Å². The molecular weight excluding hydrogens is 498 g/mol. The predicted octanol–water partition coefficient (Wildman–Crippen LogP) is 3.54. The summed E-state index contributed by atoms with van der Waals surface area (Å²) in [6.07, 6.45) is 1.43. The van der Waals surface area contributed by atoms with Crippen LogP contribution in [-0.2, 0) is 32.1 Å². The van der Waals surface area contributed by atoms with Crippen LogP contribution in [0.15, 0.2) is 42.5 Å². The summed E-state index contributed by atoms with van der Waals surface area (Å²) in [5.41, 5.74) is 1.84. The first-order valence-corrected chi connectivity index (χ1v) is 13.6. The number of ether oxygens (including phenoxy) is 3. The van der Waals surface area contributed by atoms with E-state index in [4.69, 9.17) is 14.2 Å². The number of piperidine rings is 1. The molecule has 9 nitrogen and oxygen atoms in total. The van der Waals surface area contributed by atoms with Gasteiger partial charge >= 0.3 is 0 Å². The minimum absolute atomic E-state index is 0.0454. The minimum Gasteiger partial charge on any atom is -0.493 e. The van der Waals surface area contributed by atoms with Crippen LogP contribution in [0.5, 0.6) is 17.2 Å². The Morgan fingerprint density at radius 2 is 1.95 bits per heavy atom. The highest BCUT2D eigenvalue weighted by Crippen LogP contribution is 2.33. The van der Waals surface area contributed by atoms with Crippen LogP contribution in [0, 0.1) is 5.92 Å². The van der Waals surface area contributed by atoms with Gasteiger partial charge < -0.3 is 29.3 Å². The van der Waals surface area contributed by atoms with Gasteiger partial charge in [0.05, 0.1) is 32.4 Å². The molecular formula is C30H39N3O6. The van der Waals surface area contributed by atoms with Gasteiger partial charge in [0.25, 0.3) is 0 Å². The standard InChI is InChI=1S/C30H39N3O6/c1-20(2)14-30(36)33-13-12-24-27(17-33)38-19-22-6-5-7-23(15-22)39-25-10-8-21(16-26(25)37-4)9-11-29(35)32(3)18-28(34)31-24/h5-8,10,15-16,20,24,27H,9,11-14,17-19H2,1-4H3,(H,31,34)/t24-,27-/m0/s1. The molecule has 1 N–H and O–H groups in total. The molecule has 0 aromatic heterocycles. The highest BCUT2D eigenvalue weighted by atomic mass is 16.5. The van der Waals surface area contributed by atoms with Crippen molar-refractivity contribution in [2.75, 3.05) is 33.8 Å². The number of nitrogens with one attached hydrogen (secondary N) is 1. The zero-order chi connectivity index (χ0) is 27.9. The van der Waals surface area contributed by atoms with Gasteiger partial charge in [0, 0.05) is 33.0 Å². The minimum atomic E-state index is -0.390. The smallest absolute Gasteiger partial charge is 0.239 e. The van der Waals surface area contributed by atoms with Crippen molar-refractivity contribution in [2.24, 2.45) is 5.92 Å². The molecule has 3 aliphatic rings. The Morgan fingerprint density at radius 1 is 1.13 bits per heavy atom. The van der Waals surface area contributed by atoms with Crippen molar-refractivity contribution in [3.63, 3.8) is 0 Å². The first-order chi connectivity index (χ1) is 18.7. The summed E-state index contributed by atoms with van der Waals surface area (Å²) in [6.45, 7) is 5.23. The molecule has 2 atom stereocenters. The van der Waals surface area contributed by atoms with Gasteiger partial charge in [-0.2, -0.15) is 0 Å². The molecule has 2 aromatic rings. The van der Waals surface area contributed by atoms with E-state index < -0.39 is 0 Å². The predicted molar refractivity (Wildman–Crippen MR) is 147 cm³/mol. The van der Waals surface area contributed by atoms with Crippen LogP contribution < -0.4 is 14.8 Å². The molecule has 210 valence electrons. The fraction of sp³-hybridized carbons (Fsp3) is 0.500. The van der Waals surface area contributed by atoms with Gasteiger partial charge in [-0.05, 0) is 54.2 Å². The highest BCUT2D eigenvalue weighted by Gasteiger charge is 2.33. The molecule has 1 fully saturated rings. The molecule has 3 aliphatic heterocycles. The fourth-order valence-electron chi connectivity index (χ4n) is 4.93. The number of carbonyl (C=O) groups is 3. The van der Waals surface area contributed by atoms with E-state index in [1.165, 1.54) is 4.90 Å². The van der Waals surface area contributed by atoms with Crippen LogP contribution in [0.3, 0.4) is 0 Å². The average Bonchev–Trinajstić information content (AvgIpc) is 2.91. The number of fused-ring (bicyclic) bond motifs is 9. The number of hydrogen-bond acceptors (Lipinski definition) is 6. The normalized spacial score (nSPS) is 20.8. The Balaban J connectivity index is 1.59. The summed E-state index contributed by atoms with van der Waals surface area (Å²) in [5.74, 6) is 1.76. The van der Waals surface area contributed by atoms with Gasteiger partial charge in [-0.15, -0.1) is 0 Å². The van der Waals surface area contributed by atoms with E-state index >= 15 is 0 Å². The van der Waals surface area contributed by atoms with Crippen LogP contribution in [0.1, 0.15) is 44.2 Å². The third-order valence-corrected chi connectivity index (χ3v) is 7.09. The molecule has 0 saturated carbocycles. The maximum atomic E-state index is 12.9. The molecule has 2 aromatic carbocycles. The van der Waals surface area contributed by atoms with E-state index in [-0.39, 0.29) is 55.4 Å². The SMILES string of the molecule is COc1cc2ccc1Oc1cccc(c1)CO[C@H]1CN(C(=O)CC(C)C)CC[C@@H]1NC(=O)CN(C)C(=O)CC2. The Hall–Kier alpha value is -3.59. The van der Waals surface area contributed by atoms with Crippen LogP contribution in [0.4, 0.5) is 0 Å². The zero-order valence-electron chi connectivity index (χ0n) is 23.3. The molecule has 5 rings (SSSR count). The van der Waals surface area contributed by atoms with E-state index in [0.29, 0.717) is 49.6 Å². The maximum Gasteiger partial charge on any atom is 0.239 e. The van der Waals surface area contributed by atoms with Gasteiger partial charge in [0.1, 0.15) is 5.75 Å². The summed E-state index contributed by atoms with van der Waals surface area (Å²) in [6, 6.07) is 13.0. The Kier molecular flexibility index (Phi) is 9.45. The number of aryl methyl sites for hydroxylation is 1. The van der Waals surface area contributed by atoms with Gasteiger partial charge in [-0.25, -0.2) is 0 Å². The second kappa shape index (κ2) is 13.0. The summed E-state index contributed by atoms with van der Waals surface area (Å²) in [7, 11) is 3.22. The number of likely N-dealkylation sites (N-methyl/N-ethyl adjacent to an activating group) is 1. The van der Waals surface area contributed by atoms with Gasteiger partial charge in [-0.1, -0.05) is 32.0 Å². The molecule has 3 amide bonds. The second-order valence-corrected chi connectivity index (χ2v) is 10.7. The molecule has 0 aliphatic carbocycles. The average molecular weight is 538 g/mol. The van der Waals surface area contributed by atoms with Gasteiger partial charge in [0.2, 0.25) is 17.7 Å². The molecule has 39 heavy (non-hydrogen) atoms. The molecule has 0 radical (unpaired) electrons. The van der Waals surface area contributed by atoms with Crippen molar-refractivity contribution < 1.29 is 28.6 Å². The Morgan fingerprint density at radius 3 is 2.72 bits per heavy atom. The molecule has 1 saturated heterocycles. The number of amides is 3. The highest BCUT2D eigenvalue weighted by molar-refractivity contribution is 5.85. The lowest BCUT2D eigenvalue weighted by Gasteiger charge is -2.39. The lowest BCUT2D eigenvalue weighted by molar-refractivity contribution is -0.139. The topological polar surface area (TPSA) is 97.4 Å². The number of benzene rings is 2. The lowest BCUT2D eigenvalue weighted by atomic mass is 10.00. The summed E-state index contributed by atoms with van der Waals surface area (Å²) >= 11 is 0. The third kappa shape index (κ3) is 7.72. The van der Waals surface area contributed by atoms with E-state index in [9.17, 15) is 14.4 Å². The molecule has 3 heterocycles. The fourth-order valence-corrected chi connectivity index (χ4v) is 4.93. The Bertz CT molecular complexity index is 1180. The van der Waals surface area contributed by atoms with Crippen molar-refractivity contribution in [1.29, 1.82) is 0 Å². The molecule has 0 unspecified atom stereocenters. The van der Waals surface area contributed by atoms with Crippen molar-refractivity contribution in [1.82, 2.24) is 15.1 Å². The van der Waals surface area contributed by atoms with E-state index in [2.05, 4.69) is 5.32 Å². The number of hydrogen-bond donors (Lipinski definition) is 1. The van der Waals surface area contributed by atoms with E-state index in [1.54, 1.807) is 14.2 Å². The zero-order valence-corrected chi connectivity index (χ0v) is 23.3. The maximum absolute atomic E-state index is 12.9. The van der Waals surface area contributed by atoms with E-state index in [1.807, 2.05) is 61.2 Å². The summed E-state index contributed by atoms with van der Waals surface area (Å²) in [5, 5.41) is 3.06. The monoisotopic (exact) mass is 537 g/mol. The number of carbonyl (C=O) groups excluding carboxylic acids is 3. The largest absolute Gasteiger partial charge is 0.493 e. The number of methoxy groups -OCH3 is 1. The number of likely N-dealkylation sites (tertiary alicyclic amines) is 1. The summed E-state index contributed by atoms with van der Waals surface area (Å²) < 4.78 is 18.0. The Labute approximate surface area is 230 Å². The van der Waals surface area contributed by atoms with Crippen molar-refractivity contribution >= 4 is 17.7 Å².